The number of nitrogens with two attached hydrogens (primary N) is 1. The van der Waals surface area contributed by atoms with Gasteiger partial charge in [-0.3, -0.25) is 15.1 Å². The minimum Gasteiger partial charge on any atom is -0.393 e. The summed E-state index contributed by atoms with van der Waals surface area (Å²) in [5, 5.41) is 9.70. The maximum Gasteiger partial charge on any atom is 0.265 e. The van der Waals surface area contributed by atoms with Crippen molar-refractivity contribution in [3.63, 3.8) is 0 Å². The van der Waals surface area contributed by atoms with E-state index in [1.54, 1.807) is 0 Å². The summed E-state index contributed by atoms with van der Waals surface area (Å²) in [6.07, 6.45) is 0.400. The molecule has 0 bridgehead atoms. The molecule has 1 aliphatic heterocycles. The zero-order valence-corrected chi connectivity index (χ0v) is 11.5. The molecule has 2 unspecified atom stereocenters. The normalized spacial score (nSPS) is 23.6. The predicted molar refractivity (Wildman–Crippen MR) is 73.1 cm³/mol. The fraction of sp³-hybridized carbons (Fsp3) is 0.500. The number of hydrazine groups is 1. The number of benzene rings is 1. The third kappa shape index (κ3) is 3.33. The number of carbonyl (C=O) groups excluding carboxylic acids is 1. The molecular formula is C14H20FN3O2. The topological polar surface area (TPSA) is 78.6 Å². The first-order chi connectivity index (χ1) is 9.51. The van der Waals surface area contributed by atoms with Crippen LogP contribution in [0.25, 0.3) is 0 Å². The summed E-state index contributed by atoms with van der Waals surface area (Å²) in [4.78, 5) is 13.5. The molecule has 1 saturated heterocycles. The highest BCUT2D eigenvalue weighted by Crippen LogP contribution is 2.20. The first kappa shape index (κ1) is 14.9. The van der Waals surface area contributed by atoms with E-state index in [0.717, 1.165) is 6.54 Å². The van der Waals surface area contributed by atoms with Gasteiger partial charge in [0.1, 0.15) is 5.82 Å². The van der Waals surface area contributed by atoms with Gasteiger partial charge in [0.15, 0.2) is 0 Å². The van der Waals surface area contributed by atoms with Crippen molar-refractivity contribution in [2.45, 2.75) is 26.0 Å². The zero-order valence-electron chi connectivity index (χ0n) is 11.5. The van der Waals surface area contributed by atoms with Crippen molar-refractivity contribution in [2.75, 3.05) is 13.1 Å². The number of amides is 1. The minimum atomic E-state index is -0.436. The van der Waals surface area contributed by atoms with Crippen molar-refractivity contribution in [2.24, 2.45) is 11.8 Å². The summed E-state index contributed by atoms with van der Waals surface area (Å²) < 4.78 is 13.8. The Morgan fingerprint density at radius 3 is 3.00 bits per heavy atom. The number of halogens is 1. The molecule has 2 atom stereocenters. The van der Waals surface area contributed by atoms with Crippen LogP contribution in [0.15, 0.2) is 18.2 Å². The van der Waals surface area contributed by atoms with Crippen LogP contribution in [0.2, 0.25) is 0 Å². The molecule has 1 aromatic rings. The van der Waals surface area contributed by atoms with Gasteiger partial charge in [-0.05, 0) is 30.5 Å². The first-order valence-corrected chi connectivity index (χ1v) is 6.71. The lowest BCUT2D eigenvalue weighted by molar-refractivity contribution is 0.0316. The highest BCUT2D eigenvalue weighted by Gasteiger charge is 2.24. The summed E-state index contributed by atoms with van der Waals surface area (Å²) in [6.45, 7) is 3.84. The molecule has 1 fully saturated rings. The van der Waals surface area contributed by atoms with E-state index in [1.165, 1.54) is 18.2 Å². The molecular weight excluding hydrogens is 261 g/mol. The summed E-state index contributed by atoms with van der Waals surface area (Å²) in [7, 11) is 0. The quantitative estimate of drug-likeness (QED) is 0.431. The molecule has 6 heteroatoms. The number of likely N-dealkylation sites (tertiary alicyclic amines) is 1. The Morgan fingerprint density at radius 2 is 2.35 bits per heavy atom. The first-order valence-electron chi connectivity index (χ1n) is 6.71. The maximum atomic E-state index is 13.8. The van der Waals surface area contributed by atoms with Gasteiger partial charge in [0, 0.05) is 30.8 Å². The van der Waals surface area contributed by atoms with E-state index < -0.39 is 5.91 Å². The third-order valence-electron chi connectivity index (χ3n) is 3.78. The number of aliphatic hydroxyl groups excluding tert-OH is 1. The Kier molecular flexibility index (Phi) is 4.69. The molecule has 2 rings (SSSR count). The molecule has 4 N–H and O–H groups in total. The average Bonchev–Trinajstić information content (AvgIpc) is 2.44. The molecule has 1 aliphatic rings. The summed E-state index contributed by atoms with van der Waals surface area (Å²) in [5.74, 6) is 4.48. The van der Waals surface area contributed by atoms with Crippen LogP contribution >= 0.6 is 0 Å². The average molecular weight is 281 g/mol. The summed E-state index contributed by atoms with van der Waals surface area (Å²) in [5.41, 5.74) is 2.85. The molecule has 0 spiro atoms. The molecule has 0 radical (unpaired) electrons. The summed E-state index contributed by atoms with van der Waals surface area (Å²) >= 11 is 0. The fourth-order valence-electron chi connectivity index (χ4n) is 2.52. The van der Waals surface area contributed by atoms with E-state index >= 15 is 0 Å². The molecule has 1 aromatic carbocycles. The highest BCUT2D eigenvalue weighted by atomic mass is 19.1. The maximum absolute atomic E-state index is 13.8. The van der Waals surface area contributed by atoms with Gasteiger partial charge in [0.25, 0.3) is 5.91 Å². The van der Waals surface area contributed by atoms with E-state index in [1.807, 2.05) is 12.3 Å². The van der Waals surface area contributed by atoms with E-state index in [4.69, 9.17) is 5.84 Å². The van der Waals surface area contributed by atoms with E-state index in [9.17, 15) is 14.3 Å². The van der Waals surface area contributed by atoms with Gasteiger partial charge in [-0.25, -0.2) is 10.2 Å². The van der Waals surface area contributed by atoms with Crippen LogP contribution in [-0.4, -0.2) is 35.1 Å². The lowest BCUT2D eigenvalue weighted by atomic mass is 9.96. The van der Waals surface area contributed by atoms with Crippen LogP contribution in [0.4, 0.5) is 4.39 Å². The Morgan fingerprint density at radius 1 is 1.60 bits per heavy atom. The van der Waals surface area contributed by atoms with Crippen LogP contribution in [0.1, 0.15) is 29.3 Å². The molecule has 1 heterocycles. The lowest BCUT2D eigenvalue weighted by Crippen LogP contribution is -2.41. The number of hydrogen-bond donors (Lipinski definition) is 3. The van der Waals surface area contributed by atoms with Crippen LogP contribution in [0.5, 0.6) is 0 Å². The zero-order chi connectivity index (χ0) is 14.7. The van der Waals surface area contributed by atoms with Crippen molar-refractivity contribution in [3.05, 3.63) is 35.1 Å². The van der Waals surface area contributed by atoms with Crippen molar-refractivity contribution >= 4 is 5.91 Å². The molecule has 0 aliphatic carbocycles. The molecule has 0 saturated carbocycles. The van der Waals surface area contributed by atoms with E-state index in [2.05, 4.69) is 4.90 Å². The van der Waals surface area contributed by atoms with E-state index in [0.29, 0.717) is 30.6 Å². The standard InChI is InChI=1S/C14H20FN3O2/c1-9-7-18(5-4-13(9)19)8-11-6-10(14(20)17-16)2-3-12(11)15/h2-3,6,9,13,19H,4-5,7-8,16H2,1H3,(H,17,20). The fourth-order valence-corrected chi connectivity index (χ4v) is 2.52. The van der Waals surface area contributed by atoms with Gasteiger partial charge >= 0.3 is 0 Å². The third-order valence-corrected chi connectivity index (χ3v) is 3.78. The molecule has 110 valence electrons. The summed E-state index contributed by atoms with van der Waals surface area (Å²) in [6, 6.07) is 4.21. The van der Waals surface area contributed by atoms with Gasteiger partial charge < -0.3 is 5.11 Å². The Hall–Kier alpha value is -1.50. The Bertz CT molecular complexity index is 495. The minimum absolute atomic E-state index is 0.169. The second kappa shape index (κ2) is 6.30. The number of aliphatic hydroxyl groups is 1. The Balaban J connectivity index is 2.10. The van der Waals surface area contributed by atoms with Crippen LogP contribution in [-0.2, 0) is 6.54 Å². The van der Waals surface area contributed by atoms with Gasteiger partial charge in [0.05, 0.1) is 6.10 Å². The number of piperidine rings is 1. The number of hydrogen-bond acceptors (Lipinski definition) is 4. The van der Waals surface area contributed by atoms with Crippen molar-refractivity contribution in [3.8, 4) is 0 Å². The second-order valence-corrected chi connectivity index (χ2v) is 5.35. The molecule has 1 amide bonds. The second-order valence-electron chi connectivity index (χ2n) is 5.35. The molecule has 20 heavy (non-hydrogen) atoms. The van der Waals surface area contributed by atoms with Crippen molar-refractivity contribution in [1.82, 2.24) is 10.3 Å². The van der Waals surface area contributed by atoms with Gasteiger partial charge in [-0.2, -0.15) is 0 Å². The van der Waals surface area contributed by atoms with Gasteiger partial charge in [0.2, 0.25) is 0 Å². The lowest BCUT2D eigenvalue weighted by Gasteiger charge is -2.34. The number of carbonyl (C=O) groups is 1. The number of rotatable bonds is 3. The van der Waals surface area contributed by atoms with Crippen LogP contribution in [0, 0.1) is 11.7 Å². The molecule has 0 aromatic heterocycles. The molecule has 5 nitrogen and oxygen atoms in total. The number of nitrogens with zero attached hydrogens (tertiary/aromatic N) is 1. The highest BCUT2D eigenvalue weighted by molar-refractivity contribution is 5.93. The Labute approximate surface area is 117 Å². The van der Waals surface area contributed by atoms with E-state index in [-0.39, 0.29) is 17.8 Å². The van der Waals surface area contributed by atoms with Crippen LogP contribution < -0.4 is 11.3 Å². The van der Waals surface area contributed by atoms with Gasteiger partial charge in [-0.15, -0.1) is 0 Å². The predicted octanol–water partition coefficient (Wildman–Crippen LogP) is 0.632. The number of nitrogens with one attached hydrogen (secondary N) is 1. The van der Waals surface area contributed by atoms with Crippen LogP contribution in [0.3, 0.4) is 0 Å². The van der Waals surface area contributed by atoms with Crippen molar-refractivity contribution in [1.29, 1.82) is 0 Å². The smallest absolute Gasteiger partial charge is 0.265 e. The SMILES string of the molecule is CC1CN(Cc2cc(C(=O)NN)ccc2F)CCC1O. The van der Waals surface area contributed by atoms with Crippen molar-refractivity contribution < 1.29 is 14.3 Å². The number of nitrogen functional groups attached to an aromatic ring is 1. The van der Waals surface area contributed by atoms with Gasteiger partial charge in [-0.1, -0.05) is 6.92 Å². The largest absolute Gasteiger partial charge is 0.393 e. The monoisotopic (exact) mass is 281 g/mol.